The Labute approximate surface area is 152 Å². The molecule has 0 saturated carbocycles. The number of aromatic nitrogens is 1. The number of alkyl halides is 3. The van der Waals surface area contributed by atoms with Crippen molar-refractivity contribution in [1.29, 1.82) is 0 Å². The van der Waals surface area contributed by atoms with Gasteiger partial charge in [-0.2, -0.15) is 13.2 Å². The molecule has 2 N–H and O–H groups in total. The molecule has 0 fully saturated rings. The first-order valence-corrected chi connectivity index (χ1v) is 7.74. The van der Waals surface area contributed by atoms with Gasteiger partial charge in [0.1, 0.15) is 5.82 Å². The summed E-state index contributed by atoms with van der Waals surface area (Å²) in [4.78, 5) is 25.7. The number of pyridine rings is 1. The maximum absolute atomic E-state index is 12.4. The number of nitro groups is 1. The summed E-state index contributed by atoms with van der Waals surface area (Å²) >= 11 is 0. The van der Waals surface area contributed by atoms with E-state index in [0.29, 0.717) is 5.56 Å². The average molecular weight is 380 g/mol. The van der Waals surface area contributed by atoms with Crippen molar-refractivity contribution in [2.24, 2.45) is 0 Å². The molecule has 10 heteroatoms. The molecule has 2 aromatic rings. The highest BCUT2D eigenvalue weighted by Gasteiger charge is 2.30. The Hall–Kier alpha value is -3.43. The van der Waals surface area contributed by atoms with Crippen molar-refractivity contribution in [3.63, 3.8) is 0 Å². The van der Waals surface area contributed by atoms with Gasteiger partial charge in [0.2, 0.25) is 5.91 Å². The fraction of sp³-hybridized carbons (Fsp3) is 0.176. The fourth-order valence-corrected chi connectivity index (χ4v) is 2.06. The topological polar surface area (TPSA) is 97.2 Å². The van der Waals surface area contributed by atoms with E-state index in [4.69, 9.17) is 0 Å². The number of carbonyl (C=O) groups is 1. The van der Waals surface area contributed by atoms with Gasteiger partial charge in [-0.15, -0.1) is 0 Å². The predicted molar refractivity (Wildman–Crippen MR) is 92.9 cm³/mol. The summed E-state index contributed by atoms with van der Waals surface area (Å²) in [5.41, 5.74) is -0.664. The van der Waals surface area contributed by atoms with Crippen molar-refractivity contribution in [2.45, 2.75) is 6.18 Å². The minimum Gasteiger partial charge on any atom is -0.368 e. The SMILES string of the molecule is O=C(/C=C/c1ccccc1[N+](=O)[O-])NCCNc1ccc(C(F)(F)F)cn1. The molecule has 0 spiro atoms. The first-order chi connectivity index (χ1) is 12.8. The number of para-hydroxylation sites is 1. The Kier molecular flexibility index (Phi) is 6.47. The molecule has 0 aliphatic carbocycles. The summed E-state index contributed by atoms with van der Waals surface area (Å²) in [7, 11) is 0. The molecule has 0 aliphatic rings. The molecule has 2 rings (SSSR count). The summed E-state index contributed by atoms with van der Waals surface area (Å²) in [6, 6.07) is 8.09. The Morgan fingerprint density at radius 3 is 2.56 bits per heavy atom. The van der Waals surface area contributed by atoms with Crippen LogP contribution in [-0.4, -0.2) is 28.9 Å². The second kappa shape index (κ2) is 8.79. The van der Waals surface area contributed by atoms with Crippen LogP contribution in [0.2, 0.25) is 0 Å². The minimum absolute atomic E-state index is 0.114. The van der Waals surface area contributed by atoms with Crippen molar-refractivity contribution in [2.75, 3.05) is 18.4 Å². The standard InChI is InChI=1S/C17H15F3N4O3/c18-17(19,20)13-6-7-15(23-11-13)21-9-10-22-16(25)8-5-12-3-1-2-4-14(12)24(26)27/h1-8,11H,9-10H2,(H,21,23)(H,22,25)/b8-5+. The van der Waals surface area contributed by atoms with Crippen LogP contribution in [-0.2, 0) is 11.0 Å². The van der Waals surface area contributed by atoms with Crippen LogP contribution in [0.4, 0.5) is 24.7 Å². The van der Waals surface area contributed by atoms with Crippen molar-refractivity contribution in [1.82, 2.24) is 10.3 Å². The number of rotatable bonds is 7. The molecule has 0 unspecified atom stereocenters. The first kappa shape index (κ1) is 19.9. The molecule has 7 nitrogen and oxygen atoms in total. The molecule has 0 radical (unpaired) electrons. The van der Waals surface area contributed by atoms with E-state index in [1.165, 1.54) is 36.4 Å². The number of nitrogens with one attached hydrogen (secondary N) is 2. The van der Waals surface area contributed by atoms with Crippen LogP contribution >= 0.6 is 0 Å². The van der Waals surface area contributed by atoms with E-state index in [9.17, 15) is 28.1 Å². The molecular weight excluding hydrogens is 365 g/mol. The third-order valence-corrected chi connectivity index (χ3v) is 3.37. The molecule has 1 aromatic carbocycles. The van der Waals surface area contributed by atoms with E-state index in [1.807, 2.05) is 0 Å². The molecular formula is C17H15F3N4O3. The maximum Gasteiger partial charge on any atom is 0.417 e. The van der Waals surface area contributed by atoms with Gasteiger partial charge in [-0.1, -0.05) is 12.1 Å². The van der Waals surface area contributed by atoms with Gasteiger partial charge >= 0.3 is 6.18 Å². The largest absolute Gasteiger partial charge is 0.417 e. The number of hydrogen-bond acceptors (Lipinski definition) is 5. The van der Waals surface area contributed by atoms with Gasteiger partial charge in [-0.05, 0) is 24.3 Å². The highest BCUT2D eigenvalue weighted by molar-refractivity contribution is 5.92. The van der Waals surface area contributed by atoms with Gasteiger partial charge in [0, 0.05) is 31.4 Å². The van der Waals surface area contributed by atoms with Crippen LogP contribution in [0, 0.1) is 10.1 Å². The van der Waals surface area contributed by atoms with Gasteiger partial charge in [0.25, 0.3) is 5.69 Å². The minimum atomic E-state index is -4.44. The van der Waals surface area contributed by atoms with Crippen LogP contribution in [0.5, 0.6) is 0 Å². The molecule has 142 valence electrons. The Morgan fingerprint density at radius 2 is 1.93 bits per heavy atom. The van der Waals surface area contributed by atoms with E-state index < -0.39 is 22.6 Å². The van der Waals surface area contributed by atoms with Gasteiger partial charge in [-0.3, -0.25) is 14.9 Å². The van der Waals surface area contributed by atoms with Crippen LogP contribution in [0.3, 0.4) is 0 Å². The Bertz CT molecular complexity index is 836. The van der Waals surface area contributed by atoms with E-state index in [-0.39, 0.29) is 24.6 Å². The van der Waals surface area contributed by atoms with Crippen molar-refractivity contribution in [3.05, 3.63) is 69.9 Å². The van der Waals surface area contributed by atoms with E-state index in [2.05, 4.69) is 15.6 Å². The second-order valence-electron chi connectivity index (χ2n) is 5.30. The summed E-state index contributed by atoms with van der Waals surface area (Å²) in [5.74, 6) is -0.219. The fourth-order valence-electron chi connectivity index (χ4n) is 2.06. The highest BCUT2D eigenvalue weighted by atomic mass is 19.4. The molecule has 27 heavy (non-hydrogen) atoms. The molecule has 0 aliphatic heterocycles. The van der Waals surface area contributed by atoms with E-state index in [0.717, 1.165) is 12.3 Å². The maximum atomic E-state index is 12.4. The van der Waals surface area contributed by atoms with Crippen LogP contribution in [0.1, 0.15) is 11.1 Å². The smallest absolute Gasteiger partial charge is 0.368 e. The Morgan fingerprint density at radius 1 is 1.19 bits per heavy atom. The van der Waals surface area contributed by atoms with Gasteiger partial charge in [-0.25, -0.2) is 4.98 Å². The lowest BCUT2D eigenvalue weighted by atomic mass is 10.1. The lowest BCUT2D eigenvalue weighted by Crippen LogP contribution is -2.27. The predicted octanol–water partition coefficient (Wildman–Crippen LogP) is 3.25. The monoisotopic (exact) mass is 380 g/mol. The zero-order chi connectivity index (χ0) is 19.9. The number of amides is 1. The highest BCUT2D eigenvalue weighted by Crippen LogP contribution is 2.28. The average Bonchev–Trinajstić information content (AvgIpc) is 2.63. The number of anilines is 1. The number of halogens is 3. The van der Waals surface area contributed by atoms with Crippen molar-refractivity contribution < 1.29 is 22.9 Å². The van der Waals surface area contributed by atoms with Crippen LogP contribution in [0.25, 0.3) is 6.08 Å². The molecule has 0 atom stereocenters. The lowest BCUT2D eigenvalue weighted by molar-refractivity contribution is -0.385. The summed E-state index contributed by atoms with van der Waals surface area (Å²) in [6.45, 7) is 0.423. The number of carbonyl (C=O) groups excluding carboxylic acids is 1. The van der Waals surface area contributed by atoms with Gasteiger partial charge in [0.15, 0.2) is 0 Å². The van der Waals surface area contributed by atoms with E-state index >= 15 is 0 Å². The number of benzene rings is 1. The zero-order valence-corrected chi connectivity index (χ0v) is 13.9. The quantitative estimate of drug-likeness (QED) is 0.333. The van der Waals surface area contributed by atoms with E-state index in [1.54, 1.807) is 6.07 Å². The van der Waals surface area contributed by atoms with Crippen molar-refractivity contribution in [3.8, 4) is 0 Å². The number of nitrogens with zero attached hydrogens (tertiary/aromatic N) is 2. The van der Waals surface area contributed by atoms with Crippen molar-refractivity contribution >= 4 is 23.5 Å². The van der Waals surface area contributed by atoms with Gasteiger partial charge in [0.05, 0.1) is 16.1 Å². The molecule has 1 aromatic heterocycles. The molecule has 0 bridgehead atoms. The molecule has 1 amide bonds. The van der Waals surface area contributed by atoms with Crippen LogP contribution < -0.4 is 10.6 Å². The number of hydrogen-bond donors (Lipinski definition) is 2. The Balaban J connectivity index is 1.79. The first-order valence-electron chi connectivity index (χ1n) is 7.74. The summed E-state index contributed by atoms with van der Waals surface area (Å²) < 4.78 is 37.3. The molecule has 1 heterocycles. The number of nitro benzene ring substituents is 1. The molecule has 0 saturated heterocycles. The van der Waals surface area contributed by atoms with Gasteiger partial charge < -0.3 is 10.6 Å². The lowest BCUT2D eigenvalue weighted by Gasteiger charge is -2.08. The third-order valence-electron chi connectivity index (χ3n) is 3.37. The second-order valence-corrected chi connectivity index (χ2v) is 5.30. The normalized spacial score (nSPS) is 11.4. The third kappa shape index (κ3) is 6.10. The zero-order valence-electron chi connectivity index (χ0n) is 13.9. The van der Waals surface area contributed by atoms with Crippen LogP contribution in [0.15, 0.2) is 48.7 Å². The summed E-state index contributed by atoms with van der Waals surface area (Å²) in [5, 5.41) is 16.2. The summed E-state index contributed by atoms with van der Waals surface area (Å²) in [6.07, 6.45) is -1.23.